The van der Waals surface area contributed by atoms with E-state index in [1.54, 1.807) is 0 Å². The van der Waals surface area contributed by atoms with Crippen LogP contribution in [-0.4, -0.2) is 39.7 Å². The summed E-state index contributed by atoms with van der Waals surface area (Å²) < 4.78 is 62.3. The number of alkyl halides is 3. The van der Waals surface area contributed by atoms with Gasteiger partial charge in [0.2, 0.25) is 5.91 Å². The lowest BCUT2D eigenvalue weighted by atomic mass is 10.2. The number of carbonyl (C=O) groups excluding carboxylic acids is 1. The number of carboxylic acids is 1. The minimum atomic E-state index is -4.60. The summed E-state index contributed by atoms with van der Waals surface area (Å²) in [5.41, 5.74) is -4.46. The fourth-order valence-corrected chi connectivity index (χ4v) is 2.09. The third-order valence-electron chi connectivity index (χ3n) is 2.67. The summed E-state index contributed by atoms with van der Waals surface area (Å²) in [6.45, 7) is -0.659. The first kappa shape index (κ1) is 19.2. The van der Waals surface area contributed by atoms with E-state index in [0.29, 0.717) is 0 Å². The number of amides is 1. The molecular formula is C13H12F5NO3S. The predicted octanol–water partition coefficient (Wildman–Crippen LogP) is 3.02. The Kier molecular flexibility index (Phi) is 6.79. The first-order valence-corrected chi connectivity index (χ1v) is 7.21. The lowest BCUT2D eigenvalue weighted by Gasteiger charge is -2.22. The molecule has 1 aromatic carbocycles. The minimum Gasteiger partial charge on any atom is -0.481 e. The first-order chi connectivity index (χ1) is 10.6. The zero-order valence-corrected chi connectivity index (χ0v) is 12.4. The molecule has 0 heterocycles. The predicted molar refractivity (Wildman–Crippen MR) is 72.5 cm³/mol. The summed E-state index contributed by atoms with van der Waals surface area (Å²) >= 11 is -0.552. The maximum Gasteiger partial charge on any atom is 0.442 e. The van der Waals surface area contributed by atoms with Crippen molar-refractivity contribution in [2.75, 3.05) is 12.3 Å². The van der Waals surface area contributed by atoms with Crippen LogP contribution in [0.2, 0.25) is 0 Å². The van der Waals surface area contributed by atoms with Crippen molar-refractivity contribution in [2.45, 2.75) is 18.5 Å². The largest absolute Gasteiger partial charge is 0.481 e. The Morgan fingerprint density at radius 1 is 1.17 bits per heavy atom. The Morgan fingerprint density at radius 2 is 1.83 bits per heavy atom. The van der Waals surface area contributed by atoms with Gasteiger partial charge >= 0.3 is 11.5 Å². The molecule has 0 saturated carbocycles. The van der Waals surface area contributed by atoms with Crippen molar-refractivity contribution in [2.24, 2.45) is 0 Å². The second kappa shape index (κ2) is 8.14. The Morgan fingerprint density at radius 3 is 2.35 bits per heavy atom. The summed E-state index contributed by atoms with van der Waals surface area (Å²) in [5, 5.41) is 8.62. The fraction of sp³-hybridized carbons (Fsp3) is 0.385. The number of carboxylic acid groups (broad SMARTS) is 1. The molecular weight excluding hydrogens is 345 g/mol. The van der Waals surface area contributed by atoms with Gasteiger partial charge in [0.1, 0.15) is 0 Å². The molecule has 0 aliphatic heterocycles. The molecule has 0 fully saturated rings. The summed E-state index contributed by atoms with van der Waals surface area (Å²) in [7, 11) is 0. The Bertz CT molecular complexity index is 579. The van der Waals surface area contributed by atoms with E-state index in [4.69, 9.17) is 5.11 Å². The van der Waals surface area contributed by atoms with Gasteiger partial charge in [-0.1, -0.05) is 6.07 Å². The molecule has 0 spiro atoms. The molecule has 23 heavy (non-hydrogen) atoms. The molecule has 1 amide bonds. The summed E-state index contributed by atoms with van der Waals surface area (Å²) in [6, 6.07) is 2.78. The van der Waals surface area contributed by atoms with Crippen LogP contribution in [0.3, 0.4) is 0 Å². The van der Waals surface area contributed by atoms with Gasteiger partial charge in [-0.2, -0.15) is 13.2 Å². The molecule has 4 nitrogen and oxygen atoms in total. The Labute approximate surface area is 132 Å². The SMILES string of the molecule is O=C(O)CCN(Cc1ccc(F)c(F)c1)C(=O)CSC(F)(F)F. The van der Waals surface area contributed by atoms with E-state index in [9.17, 15) is 31.5 Å². The molecule has 0 aliphatic carbocycles. The second-order valence-corrected chi connectivity index (χ2v) is 5.48. The van der Waals surface area contributed by atoms with Crippen molar-refractivity contribution in [1.29, 1.82) is 0 Å². The van der Waals surface area contributed by atoms with E-state index in [-0.39, 0.29) is 18.7 Å². The van der Waals surface area contributed by atoms with Crippen LogP contribution in [0.1, 0.15) is 12.0 Å². The lowest BCUT2D eigenvalue weighted by Crippen LogP contribution is -2.34. The van der Waals surface area contributed by atoms with Crippen molar-refractivity contribution < 1.29 is 36.6 Å². The van der Waals surface area contributed by atoms with Crippen molar-refractivity contribution >= 4 is 23.6 Å². The molecule has 10 heteroatoms. The highest BCUT2D eigenvalue weighted by Crippen LogP contribution is 2.30. The van der Waals surface area contributed by atoms with Crippen molar-refractivity contribution in [3.63, 3.8) is 0 Å². The van der Waals surface area contributed by atoms with Gasteiger partial charge in [-0.05, 0) is 29.5 Å². The highest BCUT2D eigenvalue weighted by molar-refractivity contribution is 8.00. The number of hydrogen-bond donors (Lipinski definition) is 1. The van der Waals surface area contributed by atoms with Gasteiger partial charge in [-0.3, -0.25) is 9.59 Å². The van der Waals surface area contributed by atoms with Gasteiger partial charge < -0.3 is 10.0 Å². The van der Waals surface area contributed by atoms with Gasteiger partial charge in [0.25, 0.3) is 0 Å². The summed E-state index contributed by atoms with van der Waals surface area (Å²) in [5.74, 6) is -5.38. The van der Waals surface area contributed by atoms with E-state index < -0.39 is 53.0 Å². The van der Waals surface area contributed by atoms with Gasteiger partial charge in [0.15, 0.2) is 11.6 Å². The number of benzene rings is 1. The number of aliphatic carboxylic acids is 1. The third-order valence-corrected chi connectivity index (χ3v) is 3.38. The highest BCUT2D eigenvalue weighted by atomic mass is 32.2. The average Bonchev–Trinajstić information content (AvgIpc) is 2.43. The smallest absolute Gasteiger partial charge is 0.442 e. The number of halogens is 5. The van der Waals surface area contributed by atoms with Gasteiger partial charge in [-0.25, -0.2) is 8.78 Å². The quantitative estimate of drug-likeness (QED) is 0.762. The van der Waals surface area contributed by atoms with Crippen LogP contribution in [0.5, 0.6) is 0 Å². The Hall–Kier alpha value is -1.84. The molecule has 1 aromatic rings. The fourth-order valence-electron chi connectivity index (χ4n) is 1.62. The average molecular weight is 357 g/mol. The molecule has 1 rings (SSSR count). The molecule has 0 radical (unpaired) electrons. The molecule has 0 aromatic heterocycles. The van der Waals surface area contributed by atoms with Gasteiger partial charge in [0, 0.05) is 13.1 Å². The normalized spacial score (nSPS) is 11.3. The van der Waals surface area contributed by atoms with Crippen molar-refractivity contribution in [3.8, 4) is 0 Å². The topological polar surface area (TPSA) is 57.6 Å². The third kappa shape index (κ3) is 7.31. The van der Waals surface area contributed by atoms with Gasteiger partial charge in [0.05, 0.1) is 12.2 Å². The monoisotopic (exact) mass is 357 g/mol. The van der Waals surface area contributed by atoms with E-state index in [0.717, 1.165) is 23.1 Å². The maximum absolute atomic E-state index is 13.1. The number of carbonyl (C=O) groups is 2. The summed E-state index contributed by atoms with van der Waals surface area (Å²) in [4.78, 5) is 23.2. The van der Waals surface area contributed by atoms with Gasteiger partial charge in [-0.15, -0.1) is 0 Å². The van der Waals surface area contributed by atoms with E-state index in [1.165, 1.54) is 0 Å². The van der Waals surface area contributed by atoms with E-state index >= 15 is 0 Å². The second-order valence-electron chi connectivity index (χ2n) is 4.44. The number of hydrogen-bond acceptors (Lipinski definition) is 3. The van der Waals surface area contributed by atoms with Crippen LogP contribution in [0.25, 0.3) is 0 Å². The summed E-state index contributed by atoms with van der Waals surface area (Å²) in [6.07, 6.45) is -0.480. The minimum absolute atomic E-state index is 0.139. The van der Waals surface area contributed by atoms with Crippen LogP contribution >= 0.6 is 11.8 Å². The maximum atomic E-state index is 13.1. The van der Waals surface area contributed by atoms with Crippen LogP contribution in [-0.2, 0) is 16.1 Å². The van der Waals surface area contributed by atoms with Crippen LogP contribution < -0.4 is 0 Å². The number of thioether (sulfide) groups is 1. The molecule has 0 bridgehead atoms. The van der Waals surface area contributed by atoms with Crippen LogP contribution in [0.4, 0.5) is 22.0 Å². The van der Waals surface area contributed by atoms with E-state index in [2.05, 4.69) is 0 Å². The number of rotatable bonds is 7. The molecule has 0 atom stereocenters. The molecule has 0 unspecified atom stereocenters. The van der Waals surface area contributed by atoms with Crippen molar-refractivity contribution in [3.05, 3.63) is 35.4 Å². The molecule has 0 saturated heterocycles. The zero-order valence-electron chi connectivity index (χ0n) is 11.6. The van der Waals surface area contributed by atoms with E-state index in [1.807, 2.05) is 0 Å². The molecule has 1 N–H and O–H groups in total. The first-order valence-electron chi connectivity index (χ1n) is 6.22. The number of nitrogens with zero attached hydrogens (tertiary/aromatic N) is 1. The molecule has 128 valence electrons. The Balaban J connectivity index is 2.80. The van der Waals surface area contributed by atoms with Crippen molar-refractivity contribution in [1.82, 2.24) is 4.90 Å². The molecule has 0 aliphatic rings. The van der Waals surface area contributed by atoms with Crippen LogP contribution in [0.15, 0.2) is 18.2 Å². The highest BCUT2D eigenvalue weighted by Gasteiger charge is 2.30. The lowest BCUT2D eigenvalue weighted by molar-refractivity contribution is -0.138. The zero-order chi connectivity index (χ0) is 17.6. The van der Waals surface area contributed by atoms with Crippen LogP contribution in [0, 0.1) is 11.6 Å². The standard InChI is InChI=1S/C13H12F5NO3S/c14-9-2-1-8(5-10(9)15)6-19(4-3-12(21)22)11(20)7-23-13(16,17)18/h1-2,5H,3-4,6-7H2,(H,21,22).